The highest BCUT2D eigenvalue weighted by atomic mass is 32.1. The molecular formula is C12H12N2O2S. The lowest BCUT2D eigenvalue weighted by molar-refractivity contribution is 0.197. The third-order valence-electron chi connectivity index (χ3n) is 2.63. The molecule has 2 aromatic heterocycles. The zero-order valence-corrected chi connectivity index (χ0v) is 9.96. The summed E-state index contributed by atoms with van der Waals surface area (Å²) in [5.74, 6) is 0.590. The first-order valence-corrected chi connectivity index (χ1v) is 6.33. The van der Waals surface area contributed by atoms with E-state index in [1.165, 1.54) is 0 Å². The lowest BCUT2D eigenvalue weighted by Crippen LogP contribution is -2.10. The van der Waals surface area contributed by atoms with Crippen molar-refractivity contribution in [2.75, 3.05) is 25.1 Å². The first kappa shape index (κ1) is 10.6. The van der Waals surface area contributed by atoms with Crippen molar-refractivity contribution in [2.45, 2.75) is 0 Å². The maximum Gasteiger partial charge on any atom is 0.224 e. The van der Waals surface area contributed by atoms with Crippen molar-refractivity contribution in [3.8, 4) is 5.88 Å². The van der Waals surface area contributed by atoms with Crippen LogP contribution in [0.2, 0.25) is 0 Å². The van der Waals surface area contributed by atoms with Crippen LogP contribution in [0.3, 0.4) is 0 Å². The molecule has 0 saturated heterocycles. The van der Waals surface area contributed by atoms with Crippen molar-refractivity contribution in [2.24, 2.45) is 0 Å². The van der Waals surface area contributed by atoms with Gasteiger partial charge in [0.2, 0.25) is 5.88 Å². The Balaban J connectivity index is 2.17. The molecule has 0 radical (unpaired) electrons. The van der Waals surface area contributed by atoms with Gasteiger partial charge in [0.25, 0.3) is 0 Å². The van der Waals surface area contributed by atoms with Crippen molar-refractivity contribution >= 4 is 33.3 Å². The zero-order chi connectivity index (χ0) is 11.7. The summed E-state index contributed by atoms with van der Waals surface area (Å²) in [6.07, 6.45) is 4.05. The van der Waals surface area contributed by atoms with Crippen LogP contribution in [0.5, 0.6) is 5.88 Å². The Hall–Kier alpha value is -1.59. The van der Waals surface area contributed by atoms with Gasteiger partial charge in [0.15, 0.2) is 0 Å². The Morgan fingerprint density at radius 2 is 2.47 bits per heavy atom. The molecule has 4 nitrogen and oxygen atoms in total. The molecule has 2 N–H and O–H groups in total. The lowest BCUT2D eigenvalue weighted by Gasteiger charge is -2.17. The fourth-order valence-electron chi connectivity index (χ4n) is 1.92. The molecule has 1 aliphatic rings. The first-order chi connectivity index (χ1) is 8.40. The molecule has 0 unspecified atom stereocenters. The molecule has 0 amide bonds. The van der Waals surface area contributed by atoms with Crippen molar-refractivity contribution in [1.82, 2.24) is 4.98 Å². The van der Waals surface area contributed by atoms with Gasteiger partial charge in [0.05, 0.1) is 17.9 Å². The number of aromatic nitrogens is 1. The van der Waals surface area contributed by atoms with Gasteiger partial charge < -0.3 is 15.2 Å². The zero-order valence-electron chi connectivity index (χ0n) is 9.14. The number of anilines is 1. The summed E-state index contributed by atoms with van der Waals surface area (Å²) in [6.45, 7) is 1.08. The lowest BCUT2D eigenvalue weighted by atomic mass is 10.1. The third kappa shape index (κ3) is 1.77. The number of fused-ring (bicyclic) bond motifs is 3. The predicted octanol–water partition coefficient (Wildman–Crippen LogP) is 2.11. The summed E-state index contributed by atoms with van der Waals surface area (Å²) >= 11 is 1.59. The molecule has 0 spiro atoms. The topological polar surface area (TPSA) is 54.4 Å². The standard InChI is InChI=1S/C12H12N2O2S/c15-5-6-16-11-8-2-1-4-13-10(8)9-3-7-17-12(9)14-11/h1-3,7,13,15H,4-6H2. The van der Waals surface area contributed by atoms with Gasteiger partial charge in [0.1, 0.15) is 11.4 Å². The Bertz CT molecular complexity index is 577. The van der Waals surface area contributed by atoms with E-state index in [-0.39, 0.29) is 13.2 Å². The Morgan fingerprint density at radius 1 is 1.53 bits per heavy atom. The summed E-state index contributed by atoms with van der Waals surface area (Å²) in [4.78, 5) is 5.44. The van der Waals surface area contributed by atoms with Gasteiger partial charge in [-0.3, -0.25) is 0 Å². The maximum atomic E-state index is 8.82. The minimum atomic E-state index is -0.00390. The molecule has 0 atom stereocenters. The molecule has 3 rings (SSSR count). The van der Waals surface area contributed by atoms with E-state index in [0.29, 0.717) is 5.88 Å². The Kier molecular flexibility index (Phi) is 2.70. The molecule has 0 aliphatic carbocycles. The van der Waals surface area contributed by atoms with Crippen LogP contribution >= 0.6 is 11.3 Å². The second kappa shape index (κ2) is 4.35. The number of ether oxygens (including phenoxy) is 1. The highest BCUT2D eigenvalue weighted by molar-refractivity contribution is 7.16. The number of aliphatic hydroxyl groups excluding tert-OH is 1. The summed E-state index contributed by atoms with van der Waals surface area (Å²) in [5, 5.41) is 15.3. The Labute approximate surface area is 103 Å². The number of rotatable bonds is 3. The SMILES string of the molecule is OCCOc1nc2sccc2c2c1C=CCN2. The molecule has 1 aliphatic heterocycles. The Morgan fingerprint density at radius 3 is 3.35 bits per heavy atom. The van der Waals surface area contributed by atoms with E-state index in [4.69, 9.17) is 9.84 Å². The van der Waals surface area contributed by atoms with E-state index in [1.807, 2.05) is 17.5 Å². The second-order valence-electron chi connectivity index (χ2n) is 3.70. The minimum absolute atomic E-state index is 0.00390. The number of hydrogen-bond donors (Lipinski definition) is 2. The van der Waals surface area contributed by atoms with Crippen LogP contribution in [0, 0.1) is 0 Å². The normalized spacial score (nSPS) is 13.5. The monoisotopic (exact) mass is 248 g/mol. The molecule has 3 heterocycles. The summed E-state index contributed by atoms with van der Waals surface area (Å²) in [6, 6.07) is 2.06. The summed E-state index contributed by atoms with van der Waals surface area (Å²) in [7, 11) is 0. The third-order valence-corrected chi connectivity index (χ3v) is 3.43. The number of aliphatic hydroxyl groups is 1. The number of thiophene rings is 1. The molecule has 2 aromatic rings. The predicted molar refractivity (Wildman–Crippen MR) is 69.7 cm³/mol. The van der Waals surface area contributed by atoms with Gasteiger partial charge in [-0.1, -0.05) is 6.08 Å². The van der Waals surface area contributed by atoms with Gasteiger partial charge >= 0.3 is 0 Å². The molecule has 17 heavy (non-hydrogen) atoms. The molecular weight excluding hydrogens is 236 g/mol. The summed E-state index contributed by atoms with van der Waals surface area (Å²) < 4.78 is 5.49. The van der Waals surface area contributed by atoms with Gasteiger partial charge in [-0.2, -0.15) is 0 Å². The van der Waals surface area contributed by atoms with Gasteiger partial charge in [0, 0.05) is 11.9 Å². The van der Waals surface area contributed by atoms with Crippen molar-refractivity contribution in [3.63, 3.8) is 0 Å². The van der Waals surface area contributed by atoms with Crippen LogP contribution in [0.15, 0.2) is 17.5 Å². The van der Waals surface area contributed by atoms with Crippen LogP contribution < -0.4 is 10.1 Å². The molecule has 0 fully saturated rings. The van der Waals surface area contributed by atoms with Crippen molar-refractivity contribution in [3.05, 3.63) is 23.1 Å². The van der Waals surface area contributed by atoms with E-state index < -0.39 is 0 Å². The number of pyridine rings is 1. The quantitative estimate of drug-likeness (QED) is 0.873. The second-order valence-corrected chi connectivity index (χ2v) is 4.59. The number of hydrogen-bond acceptors (Lipinski definition) is 5. The van der Waals surface area contributed by atoms with Crippen LogP contribution in [0.4, 0.5) is 5.69 Å². The van der Waals surface area contributed by atoms with Crippen molar-refractivity contribution < 1.29 is 9.84 Å². The minimum Gasteiger partial charge on any atom is -0.475 e. The van der Waals surface area contributed by atoms with E-state index in [9.17, 15) is 0 Å². The van der Waals surface area contributed by atoms with E-state index in [2.05, 4.69) is 16.4 Å². The van der Waals surface area contributed by atoms with Crippen molar-refractivity contribution in [1.29, 1.82) is 0 Å². The summed E-state index contributed by atoms with van der Waals surface area (Å²) in [5.41, 5.74) is 2.04. The van der Waals surface area contributed by atoms with E-state index >= 15 is 0 Å². The largest absolute Gasteiger partial charge is 0.475 e. The van der Waals surface area contributed by atoms with Gasteiger partial charge in [-0.05, 0) is 17.5 Å². The van der Waals surface area contributed by atoms with Crippen LogP contribution in [-0.2, 0) is 0 Å². The maximum absolute atomic E-state index is 8.82. The smallest absolute Gasteiger partial charge is 0.224 e. The molecule has 0 aromatic carbocycles. The fourth-order valence-corrected chi connectivity index (χ4v) is 2.68. The van der Waals surface area contributed by atoms with Crippen LogP contribution in [0.1, 0.15) is 5.56 Å². The highest BCUT2D eigenvalue weighted by Crippen LogP contribution is 2.37. The van der Waals surface area contributed by atoms with Crippen LogP contribution in [-0.4, -0.2) is 29.8 Å². The molecule has 88 valence electrons. The molecule has 0 saturated carbocycles. The first-order valence-electron chi connectivity index (χ1n) is 5.45. The number of nitrogens with one attached hydrogen (secondary N) is 1. The average molecular weight is 248 g/mol. The fraction of sp³-hybridized carbons (Fsp3) is 0.250. The van der Waals surface area contributed by atoms with Gasteiger partial charge in [-0.15, -0.1) is 11.3 Å². The molecule has 5 heteroatoms. The van der Waals surface area contributed by atoms with E-state index in [0.717, 1.165) is 28.0 Å². The van der Waals surface area contributed by atoms with E-state index in [1.54, 1.807) is 11.3 Å². The number of nitrogens with zero attached hydrogens (tertiary/aromatic N) is 1. The molecule has 0 bridgehead atoms. The highest BCUT2D eigenvalue weighted by Gasteiger charge is 2.16. The van der Waals surface area contributed by atoms with Gasteiger partial charge in [-0.25, -0.2) is 4.98 Å². The average Bonchev–Trinajstić information content (AvgIpc) is 2.84. The van der Waals surface area contributed by atoms with Crippen LogP contribution in [0.25, 0.3) is 16.3 Å².